The molecule has 0 bridgehead atoms. The second kappa shape index (κ2) is 7.18. The molecule has 4 heteroatoms. The number of rotatable bonds is 4. The van der Waals surface area contributed by atoms with Crippen LogP contribution in [-0.4, -0.2) is 4.98 Å². The molecule has 3 nitrogen and oxygen atoms in total. The zero-order chi connectivity index (χ0) is 17.9. The lowest BCUT2D eigenvalue weighted by Crippen LogP contribution is -2.12. The maximum atomic E-state index is 12.8. The summed E-state index contributed by atoms with van der Waals surface area (Å²) < 4.78 is 7.12. The number of benzene rings is 3. The lowest BCUT2D eigenvalue weighted by molar-refractivity contribution is 0.311. The quantitative estimate of drug-likeness (QED) is 0.484. The Bertz CT molecular complexity index is 1110. The van der Waals surface area contributed by atoms with Crippen molar-refractivity contribution in [3.05, 3.63) is 99.3 Å². The van der Waals surface area contributed by atoms with Gasteiger partial charge in [-0.3, -0.25) is 4.79 Å². The monoisotopic (exact) mass is 405 g/mol. The first-order chi connectivity index (χ1) is 12.7. The number of ether oxygens (including phenoxy) is 1. The van der Waals surface area contributed by atoms with Crippen LogP contribution in [0.4, 0.5) is 0 Å². The van der Waals surface area contributed by atoms with Gasteiger partial charge in [-0.1, -0.05) is 76.6 Å². The molecule has 0 radical (unpaired) electrons. The molecule has 1 N–H and O–H groups in total. The first-order valence-corrected chi connectivity index (χ1v) is 9.09. The van der Waals surface area contributed by atoms with Crippen LogP contribution in [0.2, 0.25) is 0 Å². The van der Waals surface area contributed by atoms with Gasteiger partial charge in [0.2, 0.25) is 0 Å². The summed E-state index contributed by atoms with van der Waals surface area (Å²) in [7, 11) is 0. The average molecular weight is 406 g/mol. The minimum Gasteiger partial charge on any atom is -0.487 e. The van der Waals surface area contributed by atoms with Crippen LogP contribution in [0.5, 0.6) is 5.75 Å². The zero-order valence-electron chi connectivity index (χ0n) is 13.9. The van der Waals surface area contributed by atoms with Crippen molar-refractivity contribution in [1.82, 2.24) is 4.98 Å². The zero-order valence-corrected chi connectivity index (χ0v) is 15.5. The third kappa shape index (κ3) is 3.28. The molecular weight excluding hydrogens is 390 g/mol. The van der Waals surface area contributed by atoms with Gasteiger partial charge in [-0.05, 0) is 29.3 Å². The van der Waals surface area contributed by atoms with Crippen LogP contribution < -0.4 is 10.3 Å². The minimum atomic E-state index is -0.158. The molecule has 0 amide bonds. The van der Waals surface area contributed by atoms with Crippen molar-refractivity contribution in [3.63, 3.8) is 0 Å². The summed E-state index contributed by atoms with van der Waals surface area (Å²) >= 11 is 3.51. The Morgan fingerprint density at radius 1 is 0.885 bits per heavy atom. The van der Waals surface area contributed by atoms with E-state index >= 15 is 0 Å². The van der Waals surface area contributed by atoms with Crippen molar-refractivity contribution in [1.29, 1.82) is 0 Å². The molecule has 128 valence electrons. The van der Waals surface area contributed by atoms with Gasteiger partial charge >= 0.3 is 0 Å². The maximum absolute atomic E-state index is 12.8. The molecule has 1 aromatic heterocycles. The molecule has 0 atom stereocenters. The molecule has 0 saturated heterocycles. The van der Waals surface area contributed by atoms with E-state index in [9.17, 15) is 4.79 Å². The van der Waals surface area contributed by atoms with Crippen LogP contribution in [0.1, 0.15) is 5.56 Å². The van der Waals surface area contributed by atoms with Crippen molar-refractivity contribution in [3.8, 4) is 16.9 Å². The van der Waals surface area contributed by atoms with E-state index in [2.05, 4.69) is 20.9 Å². The summed E-state index contributed by atoms with van der Waals surface area (Å²) in [5, 5.41) is 0.869. The SMILES string of the molecule is O=c1[nH]c2ccc(Br)cc2c(OCc2ccccc2)c1-c1ccccc1. The second-order valence-electron chi connectivity index (χ2n) is 5.99. The number of nitrogens with one attached hydrogen (secondary N) is 1. The first kappa shape index (κ1) is 16.6. The smallest absolute Gasteiger partial charge is 0.260 e. The van der Waals surface area contributed by atoms with Crippen molar-refractivity contribution < 1.29 is 4.74 Å². The number of H-pyrrole nitrogens is 1. The third-order valence-electron chi connectivity index (χ3n) is 4.22. The first-order valence-electron chi connectivity index (χ1n) is 8.30. The van der Waals surface area contributed by atoms with Crippen LogP contribution >= 0.6 is 15.9 Å². The van der Waals surface area contributed by atoms with Gasteiger partial charge in [0.05, 0.1) is 11.1 Å². The van der Waals surface area contributed by atoms with Gasteiger partial charge in [0.15, 0.2) is 0 Å². The highest BCUT2D eigenvalue weighted by Crippen LogP contribution is 2.35. The van der Waals surface area contributed by atoms with E-state index in [4.69, 9.17) is 4.74 Å². The van der Waals surface area contributed by atoms with E-state index < -0.39 is 0 Å². The standard InChI is InChI=1S/C22H16BrNO2/c23-17-11-12-19-18(13-17)21(26-14-15-7-3-1-4-8-15)20(22(25)24-19)16-9-5-2-6-10-16/h1-13H,14H2,(H,24,25). The maximum Gasteiger partial charge on any atom is 0.260 e. The highest BCUT2D eigenvalue weighted by atomic mass is 79.9. The van der Waals surface area contributed by atoms with E-state index in [-0.39, 0.29) is 5.56 Å². The molecule has 0 aliphatic carbocycles. The molecule has 1 heterocycles. The minimum absolute atomic E-state index is 0.158. The Morgan fingerprint density at radius 3 is 2.31 bits per heavy atom. The number of aromatic nitrogens is 1. The summed E-state index contributed by atoms with van der Waals surface area (Å²) in [4.78, 5) is 15.8. The Morgan fingerprint density at radius 2 is 1.58 bits per heavy atom. The van der Waals surface area contributed by atoms with Gasteiger partial charge in [0, 0.05) is 9.86 Å². The predicted octanol–water partition coefficient (Wildman–Crippen LogP) is 5.54. The summed E-state index contributed by atoms with van der Waals surface area (Å²) in [6.45, 7) is 0.395. The molecule has 0 spiro atoms. The topological polar surface area (TPSA) is 42.1 Å². The van der Waals surface area contributed by atoms with E-state index in [1.165, 1.54) is 0 Å². The Hall–Kier alpha value is -2.85. The highest BCUT2D eigenvalue weighted by Gasteiger charge is 2.16. The van der Waals surface area contributed by atoms with Crippen LogP contribution in [0, 0.1) is 0 Å². The van der Waals surface area contributed by atoms with Gasteiger partial charge in [0.25, 0.3) is 5.56 Å². The van der Waals surface area contributed by atoms with E-state index in [1.807, 2.05) is 78.9 Å². The molecule has 0 unspecified atom stereocenters. The lowest BCUT2D eigenvalue weighted by Gasteiger charge is -2.14. The summed E-state index contributed by atoms with van der Waals surface area (Å²) in [5.41, 5.74) is 3.02. The van der Waals surface area contributed by atoms with Gasteiger partial charge < -0.3 is 9.72 Å². The molecule has 0 aliphatic rings. The number of hydrogen-bond acceptors (Lipinski definition) is 2. The van der Waals surface area contributed by atoms with E-state index in [0.29, 0.717) is 17.9 Å². The number of pyridine rings is 1. The van der Waals surface area contributed by atoms with Gasteiger partial charge in [-0.25, -0.2) is 0 Å². The van der Waals surface area contributed by atoms with E-state index in [1.54, 1.807) is 0 Å². The van der Waals surface area contributed by atoms with Gasteiger partial charge in [-0.2, -0.15) is 0 Å². The largest absolute Gasteiger partial charge is 0.487 e. The molecule has 0 saturated carbocycles. The molecule has 4 rings (SSSR count). The average Bonchev–Trinajstić information content (AvgIpc) is 2.68. The number of halogens is 1. The van der Waals surface area contributed by atoms with Crippen molar-refractivity contribution in [2.24, 2.45) is 0 Å². The molecule has 3 aromatic carbocycles. The van der Waals surface area contributed by atoms with Crippen molar-refractivity contribution in [2.45, 2.75) is 6.61 Å². The van der Waals surface area contributed by atoms with Crippen LogP contribution in [0.15, 0.2) is 88.1 Å². The fraction of sp³-hybridized carbons (Fsp3) is 0.0455. The number of hydrogen-bond donors (Lipinski definition) is 1. The van der Waals surface area contributed by atoms with Crippen molar-refractivity contribution in [2.75, 3.05) is 0 Å². The fourth-order valence-corrected chi connectivity index (χ4v) is 3.34. The molecule has 0 aliphatic heterocycles. The van der Waals surface area contributed by atoms with Gasteiger partial charge in [-0.15, -0.1) is 0 Å². The molecule has 0 fully saturated rings. The normalized spacial score (nSPS) is 10.8. The molecule has 4 aromatic rings. The molecule has 26 heavy (non-hydrogen) atoms. The van der Waals surface area contributed by atoms with Crippen LogP contribution in [0.3, 0.4) is 0 Å². The molecular formula is C22H16BrNO2. The van der Waals surface area contributed by atoms with E-state index in [0.717, 1.165) is 26.5 Å². The highest BCUT2D eigenvalue weighted by molar-refractivity contribution is 9.10. The van der Waals surface area contributed by atoms with Crippen LogP contribution in [0.25, 0.3) is 22.0 Å². The predicted molar refractivity (Wildman–Crippen MR) is 108 cm³/mol. The summed E-state index contributed by atoms with van der Waals surface area (Å²) in [6.07, 6.45) is 0. The summed E-state index contributed by atoms with van der Waals surface area (Å²) in [5.74, 6) is 0.597. The summed E-state index contributed by atoms with van der Waals surface area (Å²) in [6, 6.07) is 25.3. The fourth-order valence-electron chi connectivity index (χ4n) is 2.98. The lowest BCUT2D eigenvalue weighted by atomic mass is 10.0. The number of aromatic amines is 1. The number of fused-ring (bicyclic) bond motifs is 1. The van der Waals surface area contributed by atoms with Gasteiger partial charge in [0.1, 0.15) is 12.4 Å². The third-order valence-corrected chi connectivity index (χ3v) is 4.71. The Balaban J connectivity index is 1.91. The van der Waals surface area contributed by atoms with Crippen molar-refractivity contribution >= 4 is 26.8 Å². The Labute approximate surface area is 159 Å². The second-order valence-corrected chi connectivity index (χ2v) is 6.90. The van der Waals surface area contributed by atoms with Crippen LogP contribution in [-0.2, 0) is 6.61 Å². The Kier molecular flexibility index (Phi) is 4.59.